The minimum absolute atomic E-state index is 0.175. The Hall–Kier alpha value is -2.44. The van der Waals surface area contributed by atoms with Crippen LogP contribution < -0.4 is 10.6 Å². The first-order chi connectivity index (χ1) is 9.10. The second kappa shape index (κ2) is 5.47. The van der Waals surface area contributed by atoms with Crippen LogP contribution in [0.4, 0.5) is 5.82 Å². The number of amides is 1. The number of rotatable bonds is 4. The Labute approximate surface area is 110 Å². The van der Waals surface area contributed by atoms with Crippen LogP contribution in [-0.4, -0.2) is 33.1 Å². The number of aromatic amines is 1. The van der Waals surface area contributed by atoms with Crippen LogP contribution in [0.25, 0.3) is 0 Å². The zero-order chi connectivity index (χ0) is 13.8. The van der Waals surface area contributed by atoms with E-state index >= 15 is 0 Å². The van der Waals surface area contributed by atoms with Crippen molar-refractivity contribution in [1.82, 2.24) is 25.5 Å². The van der Waals surface area contributed by atoms with Gasteiger partial charge < -0.3 is 10.6 Å². The third-order valence-electron chi connectivity index (χ3n) is 2.66. The van der Waals surface area contributed by atoms with Crippen molar-refractivity contribution in [3.63, 3.8) is 0 Å². The topological polar surface area (TPSA) is 95.6 Å². The van der Waals surface area contributed by atoms with Crippen molar-refractivity contribution in [2.24, 2.45) is 0 Å². The first-order valence-corrected chi connectivity index (χ1v) is 5.92. The predicted octanol–water partition coefficient (Wildman–Crippen LogP) is 1.04. The number of H-pyrrole nitrogens is 1. The zero-order valence-electron chi connectivity index (χ0n) is 11.1. The van der Waals surface area contributed by atoms with Crippen LogP contribution >= 0.6 is 0 Å². The molecule has 1 atom stereocenters. The van der Waals surface area contributed by atoms with Gasteiger partial charge in [0.2, 0.25) is 0 Å². The summed E-state index contributed by atoms with van der Waals surface area (Å²) in [5, 5.41) is 12.3. The summed E-state index contributed by atoms with van der Waals surface area (Å²) in [6, 6.07) is 3.21. The zero-order valence-corrected chi connectivity index (χ0v) is 11.1. The molecule has 0 aliphatic carbocycles. The number of nitrogens with zero attached hydrogens (tertiary/aromatic N) is 3. The Bertz CT molecular complexity index is 566. The molecular weight excluding hydrogens is 244 g/mol. The Morgan fingerprint density at radius 1 is 1.42 bits per heavy atom. The Morgan fingerprint density at radius 3 is 2.84 bits per heavy atom. The maximum absolute atomic E-state index is 12.1. The largest absolute Gasteiger partial charge is 0.373 e. The number of hydrogen-bond donors (Lipinski definition) is 3. The predicted molar refractivity (Wildman–Crippen MR) is 70.8 cm³/mol. The number of anilines is 1. The van der Waals surface area contributed by atoms with Gasteiger partial charge in [0.15, 0.2) is 0 Å². The minimum Gasteiger partial charge on any atom is -0.373 e. The van der Waals surface area contributed by atoms with Crippen molar-refractivity contribution in [3.8, 4) is 0 Å². The molecule has 3 N–H and O–H groups in total. The monoisotopic (exact) mass is 260 g/mol. The van der Waals surface area contributed by atoms with Crippen LogP contribution in [-0.2, 0) is 0 Å². The van der Waals surface area contributed by atoms with E-state index in [9.17, 15) is 4.79 Å². The minimum atomic E-state index is -0.235. The first kappa shape index (κ1) is 13.0. The molecular formula is C12H16N6O. The van der Waals surface area contributed by atoms with Crippen molar-refractivity contribution >= 4 is 11.7 Å². The molecule has 0 bridgehead atoms. The molecule has 1 amide bonds. The summed E-state index contributed by atoms with van der Waals surface area (Å²) in [7, 11) is 1.76. The van der Waals surface area contributed by atoms with Crippen molar-refractivity contribution in [2.75, 3.05) is 12.4 Å². The van der Waals surface area contributed by atoms with Crippen LogP contribution in [0.15, 0.2) is 18.5 Å². The molecule has 100 valence electrons. The summed E-state index contributed by atoms with van der Waals surface area (Å²) in [6.07, 6.45) is 1.41. The summed E-state index contributed by atoms with van der Waals surface area (Å²) in [5.41, 5.74) is 1.34. The van der Waals surface area contributed by atoms with E-state index in [1.54, 1.807) is 19.2 Å². The number of hydrogen-bond acceptors (Lipinski definition) is 5. The van der Waals surface area contributed by atoms with Crippen LogP contribution in [0.5, 0.6) is 0 Å². The van der Waals surface area contributed by atoms with Gasteiger partial charge in [-0.05, 0) is 26.0 Å². The van der Waals surface area contributed by atoms with E-state index in [0.29, 0.717) is 17.2 Å². The molecule has 2 aromatic heterocycles. The molecule has 2 heterocycles. The molecule has 0 spiro atoms. The van der Waals surface area contributed by atoms with Crippen molar-refractivity contribution < 1.29 is 4.79 Å². The second-order valence-corrected chi connectivity index (χ2v) is 4.20. The second-order valence-electron chi connectivity index (χ2n) is 4.20. The van der Waals surface area contributed by atoms with Gasteiger partial charge in [0, 0.05) is 18.3 Å². The van der Waals surface area contributed by atoms with Gasteiger partial charge in [-0.2, -0.15) is 5.10 Å². The van der Waals surface area contributed by atoms with Crippen LogP contribution in [0.1, 0.15) is 34.8 Å². The summed E-state index contributed by atoms with van der Waals surface area (Å²) in [6.45, 7) is 3.68. The lowest BCUT2D eigenvalue weighted by molar-refractivity contribution is 0.0938. The fraction of sp³-hybridized carbons (Fsp3) is 0.333. The summed E-state index contributed by atoms with van der Waals surface area (Å²) >= 11 is 0. The third kappa shape index (κ3) is 3.06. The van der Waals surface area contributed by atoms with Gasteiger partial charge in [0.25, 0.3) is 5.91 Å². The molecule has 0 aliphatic heterocycles. The highest BCUT2D eigenvalue weighted by Crippen LogP contribution is 2.12. The van der Waals surface area contributed by atoms with Crippen molar-refractivity contribution in [1.29, 1.82) is 0 Å². The molecule has 0 aliphatic rings. The van der Waals surface area contributed by atoms with Gasteiger partial charge in [0.05, 0.1) is 6.04 Å². The lowest BCUT2D eigenvalue weighted by Crippen LogP contribution is -2.27. The van der Waals surface area contributed by atoms with E-state index in [1.807, 2.05) is 13.8 Å². The Kier molecular flexibility index (Phi) is 3.74. The lowest BCUT2D eigenvalue weighted by Gasteiger charge is -2.12. The van der Waals surface area contributed by atoms with Crippen LogP contribution in [0.3, 0.4) is 0 Å². The van der Waals surface area contributed by atoms with E-state index in [-0.39, 0.29) is 11.9 Å². The highest BCUT2D eigenvalue weighted by Gasteiger charge is 2.14. The SMILES string of the molecule is CNc1cc(C(=O)NC(C)c2ncn[nH]2)cc(C)n1. The van der Waals surface area contributed by atoms with Gasteiger partial charge in [0.1, 0.15) is 18.0 Å². The number of aryl methyl sites for hydroxylation is 1. The number of nitrogens with one attached hydrogen (secondary N) is 3. The number of pyridine rings is 1. The third-order valence-corrected chi connectivity index (χ3v) is 2.66. The van der Waals surface area contributed by atoms with Crippen molar-refractivity contribution in [3.05, 3.63) is 35.5 Å². The summed E-state index contributed by atoms with van der Waals surface area (Å²) in [4.78, 5) is 20.4. The van der Waals surface area contributed by atoms with Crippen molar-refractivity contribution in [2.45, 2.75) is 19.9 Å². The Morgan fingerprint density at radius 2 is 2.21 bits per heavy atom. The molecule has 0 fully saturated rings. The summed E-state index contributed by atoms with van der Waals surface area (Å²) < 4.78 is 0. The fourth-order valence-electron chi connectivity index (χ4n) is 1.70. The number of carbonyl (C=O) groups excluding carboxylic acids is 1. The van der Waals surface area contributed by atoms with Gasteiger partial charge in [-0.25, -0.2) is 9.97 Å². The van der Waals surface area contributed by atoms with E-state index in [4.69, 9.17) is 0 Å². The average molecular weight is 260 g/mol. The molecule has 0 radical (unpaired) electrons. The molecule has 2 rings (SSSR count). The summed E-state index contributed by atoms with van der Waals surface area (Å²) in [5.74, 6) is 1.11. The molecule has 7 nitrogen and oxygen atoms in total. The smallest absolute Gasteiger partial charge is 0.252 e. The molecule has 0 saturated carbocycles. The molecule has 0 saturated heterocycles. The lowest BCUT2D eigenvalue weighted by atomic mass is 10.2. The van der Waals surface area contributed by atoms with Crippen LogP contribution in [0, 0.1) is 6.92 Å². The van der Waals surface area contributed by atoms with Gasteiger partial charge >= 0.3 is 0 Å². The highest BCUT2D eigenvalue weighted by atomic mass is 16.1. The fourth-order valence-corrected chi connectivity index (χ4v) is 1.70. The maximum atomic E-state index is 12.1. The van der Waals surface area contributed by atoms with E-state index in [0.717, 1.165) is 5.69 Å². The van der Waals surface area contributed by atoms with Gasteiger partial charge in [-0.3, -0.25) is 9.89 Å². The van der Waals surface area contributed by atoms with Gasteiger partial charge in [-0.15, -0.1) is 0 Å². The van der Waals surface area contributed by atoms with E-state index in [1.165, 1.54) is 6.33 Å². The van der Waals surface area contributed by atoms with Gasteiger partial charge in [-0.1, -0.05) is 0 Å². The Balaban J connectivity index is 2.13. The maximum Gasteiger partial charge on any atom is 0.252 e. The number of carbonyl (C=O) groups is 1. The first-order valence-electron chi connectivity index (χ1n) is 5.92. The van der Waals surface area contributed by atoms with E-state index < -0.39 is 0 Å². The molecule has 19 heavy (non-hydrogen) atoms. The molecule has 2 aromatic rings. The molecule has 0 aromatic carbocycles. The molecule has 7 heteroatoms. The van der Waals surface area contributed by atoms with E-state index in [2.05, 4.69) is 30.8 Å². The highest BCUT2D eigenvalue weighted by molar-refractivity contribution is 5.95. The molecule has 1 unspecified atom stereocenters. The van der Waals surface area contributed by atoms with Crippen LogP contribution in [0.2, 0.25) is 0 Å². The quantitative estimate of drug-likeness (QED) is 0.763. The number of aromatic nitrogens is 4. The standard InChI is InChI=1S/C12H16N6O/c1-7-4-9(5-10(13-3)16-7)12(19)17-8(2)11-14-6-15-18-11/h4-6,8H,1-3H3,(H,13,16)(H,17,19)(H,14,15,18). The average Bonchev–Trinajstić information content (AvgIpc) is 2.91. The normalized spacial score (nSPS) is 11.9.